The van der Waals surface area contributed by atoms with E-state index in [2.05, 4.69) is 21.5 Å². The first-order chi connectivity index (χ1) is 19.5. The maximum Gasteiger partial charge on any atom is 0.333 e. The van der Waals surface area contributed by atoms with Crippen molar-refractivity contribution in [2.75, 3.05) is 26.3 Å². The number of nitrogens with zero attached hydrogens (tertiary/aromatic N) is 1. The van der Waals surface area contributed by atoms with E-state index in [1.165, 1.54) is 0 Å². The second-order valence-corrected chi connectivity index (χ2v) is 8.68. The summed E-state index contributed by atoms with van der Waals surface area (Å²) in [5.41, 5.74) is 10.4. The topological polar surface area (TPSA) is 284 Å². The van der Waals surface area contributed by atoms with Gasteiger partial charge in [-0.15, -0.1) is 4.73 Å². The molecule has 18 nitrogen and oxygen atoms in total. The lowest BCUT2D eigenvalue weighted by atomic mass is 10.2. The molecule has 41 heavy (non-hydrogen) atoms. The summed E-state index contributed by atoms with van der Waals surface area (Å²) in [5.74, 6) is -5.73. The minimum Gasteiger partial charge on any atom is -0.492 e. The van der Waals surface area contributed by atoms with Crippen molar-refractivity contribution in [2.45, 2.75) is 57.0 Å². The molecule has 230 valence electrons. The molecule has 0 radical (unpaired) electrons. The summed E-state index contributed by atoms with van der Waals surface area (Å²) in [6, 6.07) is -0.431. The molecule has 0 spiro atoms. The minimum absolute atomic E-state index is 0.0624. The van der Waals surface area contributed by atoms with Crippen LogP contribution in [0.15, 0.2) is 12.1 Å². The molecule has 0 saturated heterocycles. The molecule has 1 aromatic heterocycles. The molecule has 0 aliphatic rings. The smallest absolute Gasteiger partial charge is 0.333 e. The number of nitrogens with one attached hydrogen (secondary N) is 5. The van der Waals surface area contributed by atoms with Gasteiger partial charge >= 0.3 is 5.97 Å². The Kier molecular flexibility index (Phi) is 16.0. The van der Waals surface area contributed by atoms with Crippen LogP contribution >= 0.6 is 0 Å². The fourth-order valence-corrected chi connectivity index (χ4v) is 3.13. The van der Waals surface area contributed by atoms with Crippen molar-refractivity contribution in [1.29, 1.82) is 0 Å². The summed E-state index contributed by atoms with van der Waals surface area (Å²) in [4.78, 5) is 75.7. The van der Waals surface area contributed by atoms with Crippen molar-refractivity contribution >= 4 is 35.5 Å². The average molecular weight is 588 g/mol. The summed E-state index contributed by atoms with van der Waals surface area (Å²) in [6.07, 6.45) is 1.64. The quantitative estimate of drug-likeness (QED) is 0.0512. The third-order valence-electron chi connectivity index (χ3n) is 5.30. The Balaban J connectivity index is 2.32. The van der Waals surface area contributed by atoms with Crippen LogP contribution in [-0.2, 0) is 28.8 Å². The van der Waals surface area contributed by atoms with Crippen LogP contribution in [0.25, 0.3) is 0 Å². The van der Waals surface area contributed by atoms with E-state index in [0.717, 1.165) is 18.6 Å². The van der Waals surface area contributed by atoms with E-state index in [-0.39, 0.29) is 31.6 Å². The second kappa shape index (κ2) is 18.9. The zero-order valence-corrected chi connectivity index (χ0v) is 22.3. The Morgan fingerprint density at radius 1 is 0.829 bits per heavy atom. The number of imide groups is 1. The number of hydrazine groups is 1. The van der Waals surface area contributed by atoms with E-state index in [0.29, 0.717) is 24.1 Å². The van der Waals surface area contributed by atoms with Gasteiger partial charge in [-0.1, -0.05) is 6.42 Å². The van der Waals surface area contributed by atoms with Gasteiger partial charge in [0, 0.05) is 37.9 Å². The minimum atomic E-state index is -1.52. The summed E-state index contributed by atoms with van der Waals surface area (Å²) in [6.45, 7) is -1.63. The summed E-state index contributed by atoms with van der Waals surface area (Å²) < 4.78 is 0.485. The van der Waals surface area contributed by atoms with Crippen LogP contribution in [0.4, 0.5) is 0 Å². The highest BCUT2D eigenvalue weighted by atomic mass is 16.7. The molecule has 0 aliphatic carbocycles. The number of aliphatic hydroxyl groups is 2. The van der Waals surface area contributed by atoms with Crippen LogP contribution in [0.1, 0.15) is 44.9 Å². The summed E-state index contributed by atoms with van der Waals surface area (Å²) in [5, 5.41) is 44.0. The number of carbonyl (C=O) groups excluding carboxylic acids is 6. The van der Waals surface area contributed by atoms with Crippen LogP contribution in [0, 0.1) is 0 Å². The molecule has 0 bridgehead atoms. The van der Waals surface area contributed by atoms with Gasteiger partial charge in [0.15, 0.2) is 0 Å². The number of aliphatic hydroxyl groups excluding tert-OH is 2. The number of primary amides is 1. The molecule has 0 aromatic carbocycles. The number of aromatic nitrogens is 1. The number of hydrogen-bond donors (Lipinski definition) is 10. The highest BCUT2D eigenvalue weighted by Gasteiger charge is 2.23. The lowest BCUT2D eigenvalue weighted by Gasteiger charge is -2.18. The number of aromatic hydroxyl groups is 2. The van der Waals surface area contributed by atoms with Gasteiger partial charge in [0.05, 0.1) is 19.8 Å². The molecule has 1 aromatic rings. The molecule has 0 unspecified atom stereocenters. The normalized spacial score (nSPS) is 12.1. The zero-order valence-electron chi connectivity index (χ0n) is 22.3. The first-order valence-corrected chi connectivity index (χ1v) is 12.7. The fraction of sp³-hybridized carbons (Fsp3) is 0.565. The predicted octanol–water partition coefficient (Wildman–Crippen LogP) is -4.24. The first-order valence-electron chi connectivity index (χ1n) is 12.7. The van der Waals surface area contributed by atoms with Gasteiger partial charge in [0.2, 0.25) is 35.4 Å². The molecule has 2 atom stereocenters. The molecule has 0 aliphatic heterocycles. The number of hydrogen-bond acceptors (Lipinski definition) is 13. The highest BCUT2D eigenvalue weighted by molar-refractivity contribution is 5.99. The third-order valence-corrected chi connectivity index (χ3v) is 5.30. The van der Waals surface area contributed by atoms with Crippen LogP contribution in [0.3, 0.4) is 0 Å². The molecule has 18 heteroatoms. The van der Waals surface area contributed by atoms with Crippen molar-refractivity contribution in [1.82, 2.24) is 31.5 Å². The van der Waals surface area contributed by atoms with E-state index in [9.17, 15) is 49.2 Å². The van der Waals surface area contributed by atoms with Gasteiger partial charge in [0.1, 0.15) is 12.1 Å². The van der Waals surface area contributed by atoms with Crippen LogP contribution in [0.5, 0.6) is 11.8 Å². The van der Waals surface area contributed by atoms with Gasteiger partial charge in [-0.2, -0.15) is 0 Å². The van der Waals surface area contributed by atoms with Gasteiger partial charge in [-0.05, 0) is 19.3 Å². The monoisotopic (exact) mass is 587 g/mol. The molecular weight excluding hydrogens is 550 g/mol. The Labute approximate surface area is 234 Å². The Bertz CT molecular complexity index is 1030. The van der Waals surface area contributed by atoms with Crippen molar-refractivity contribution in [3.8, 4) is 11.8 Å². The van der Waals surface area contributed by atoms with Crippen molar-refractivity contribution in [2.24, 2.45) is 5.73 Å². The van der Waals surface area contributed by atoms with E-state index in [1.54, 1.807) is 0 Å². The maximum absolute atomic E-state index is 12.2. The number of carbonyl (C=O) groups is 6. The molecule has 1 heterocycles. The van der Waals surface area contributed by atoms with Gasteiger partial charge in [0.25, 0.3) is 5.91 Å². The predicted molar refractivity (Wildman–Crippen MR) is 138 cm³/mol. The van der Waals surface area contributed by atoms with E-state index in [1.807, 2.05) is 5.32 Å². The zero-order chi connectivity index (χ0) is 30.8. The van der Waals surface area contributed by atoms with Gasteiger partial charge < -0.3 is 41.6 Å². The van der Waals surface area contributed by atoms with Crippen LogP contribution < -0.4 is 37.4 Å². The van der Waals surface area contributed by atoms with Crippen LogP contribution in [0.2, 0.25) is 0 Å². The Hall–Kier alpha value is -4.26. The van der Waals surface area contributed by atoms with Gasteiger partial charge in [-0.3, -0.25) is 34.7 Å². The SMILES string of the molecule is NC(=O)CCCCCNN[C@@H](CO)C(=O)NCC(=O)N[C@@H](CO)C(=O)NC(=O)CCCC(=O)On1c(O)ccc1O. The van der Waals surface area contributed by atoms with Crippen molar-refractivity contribution < 1.29 is 54.0 Å². The van der Waals surface area contributed by atoms with E-state index >= 15 is 0 Å². The van der Waals surface area contributed by atoms with Crippen molar-refractivity contribution in [3.63, 3.8) is 0 Å². The van der Waals surface area contributed by atoms with E-state index in [4.69, 9.17) is 10.6 Å². The summed E-state index contributed by atoms with van der Waals surface area (Å²) in [7, 11) is 0. The second-order valence-electron chi connectivity index (χ2n) is 8.68. The largest absolute Gasteiger partial charge is 0.492 e. The number of amides is 5. The Morgan fingerprint density at radius 2 is 1.49 bits per heavy atom. The molecule has 1 rings (SSSR count). The lowest BCUT2D eigenvalue weighted by molar-refractivity contribution is -0.145. The lowest BCUT2D eigenvalue weighted by Crippen LogP contribution is -2.55. The van der Waals surface area contributed by atoms with Crippen molar-refractivity contribution in [3.05, 3.63) is 12.1 Å². The molecular formula is C23H37N7O11. The standard InChI is InChI=1S/C23H37N7O11/c24-16(33)5-2-1-3-10-26-29-15(13-32)22(39)25-11-18(35)27-14(12-31)23(40)28-17(34)6-4-7-21(38)41-30-19(36)8-9-20(30)37/h8-9,14-15,26,29,31-32,36-37H,1-7,10-13H2,(H2,24,33)(H,25,39)(H,27,35)(H,28,34,40)/t14-,15-/m0/s1. The number of unbranched alkanes of at least 4 members (excludes halogenated alkanes) is 2. The number of nitrogens with two attached hydrogens (primary N) is 1. The maximum atomic E-state index is 12.2. The van der Waals surface area contributed by atoms with Crippen LogP contribution in [-0.4, -0.2) is 99.0 Å². The molecule has 5 amide bonds. The molecule has 0 fully saturated rings. The summed E-state index contributed by atoms with van der Waals surface area (Å²) >= 11 is 0. The Morgan fingerprint density at radius 3 is 2.10 bits per heavy atom. The van der Waals surface area contributed by atoms with E-state index < -0.39 is 73.2 Å². The highest BCUT2D eigenvalue weighted by Crippen LogP contribution is 2.18. The first kappa shape index (κ1) is 34.8. The third kappa shape index (κ3) is 14.1. The van der Waals surface area contributed by atoms with Gasteiger partial charge in [-0.25, -0.2) is 10.2 Å². The average Bonchev–Trinajstić information content (AvgIpc) is 3.23. The molecule has 11 N–H and O–H groups in total. The fourth-order valence-electron chi connectivity index (χ4n) is 3.13. The number of rotatable bonds is 20. The molecule has 0 saturated carbocycles.